The van der Waals surface area contributed by atoms with Crippen molar-refractivity contribution in [3.63, 3.8) is 0 Å². The Morgan fingerprint density at radius 1 is 1.24 bits per heavy atom. The Hall–Kier alpha value is -3.60. The lowest BCUT2D eigenvalue weighted by Gasteiger charge is -2.11. The summed E-state index contributed by atoms with van der Waals surface area (Å²) >= 11 is 5.06. The van der Waals surface area contributed by atoms with Crippen LogP contribution in [0.3, 0.4) is 0 Å². The third kappa shape index (κ3) is 4.30. The standard InChI is InChI=1S/C24H17BrN4O4S/c25-22-16(14-5-6-15-11-27-33-20(15)9-14)2-1-3-18(22)28-23-17-7-4-13(8-21(17)34-29-23)10-26-19(12-30)24(31)32/h1-11,19,30H,12H2,(H,28,29)(H,31,32). The van der Waals surface area contributed by atoms with Crippen LogP contribution in [0.15, 0.2) is 74.8 Å². The van der Waals surface area contributed by atoms with Crippen LogP contribution in [0.5, 0.6) is 0 Å². The minimum Gasteiger partial charge on any atom is -0.480 e. The average molecular weight is 537 g/mol. The Kier molecular flexibility index (Phi) is 6.10. The molecule has 8 nitrogen and oxygen atoms in total. The van der Waals surface area contributed by atoms with E-state index in [0.29, 0.717) is 5.82 Å². The molecule has 10 heteroatoms. The summed E-state index contributed by atoms with van der Waals surface area (Å²) in [4.78, 5) is 15.0. The van der Waals surface area contributed by atoms with E-state index in [0.717, 1.165) is 47.9 Å². The molecule has 3 aromatic carbocycles. The van der Waals surface area contributed by atoms with E-state index in [-0.39, 0.29) is 0 Å². The smallest absolute Gasteiger partial charge is 0.330 e. The summed E-state index contributed by atoms with van der Waals surface area (Å²) in [6.07, 6.45) is 3.14. The maximum Gasteiger partial charge on any atom is 0.330 e. The van der Waals surface area contributed by atoms with Gasteiger partial charge in [-0.25, -0.2) is 4.79 Å². The van der Waals surface area contributed by atoms with Crippen molar-refractivity contribution >= 4 is 72.2 Å². The van der Waals surface area contributed by atoms with Gasteiger partial charge in [-0.2, -0.15) is 4.37 Å². The second-order valence-electron chi connectivity index (χ2n) is 7.47. The van der Waals surface area contributed by atoms with Crippen LogP contribution >= 0.6 is 27.5 Å². The number of aliphatic hydroxyl groups is 1. The number of anilines is 2. The first-order valence-corrected chi connectivity index (χ1v) is 11.8. The summed E-state index contributed by atoms with van der Waals surface area (Å²) in [5.74, 6) is -0.455. The molecule has 0 saturated heterocycles. The van der Waals surface area contributed by atoms with Gasteiger partial charge in [-0.1, -0.05) is 29.4 Å². The van der Waals surface area contributed by atoms with Crippen LogP contribution in [-0.4, -0.2) is 44.6 Å². The molecule has 0 aliphatic carbocycles. The first-order chi connectivity index (χ1) is 16.5. The van der Waals surface area contributed by atoms with Crippen molar-refractivity contribution in [2.75, 3.05) is 11.9 Å². The molecule has 0 radical (unpaired) electrons. The first-order valence-electron chi connectivity index (χ1n) is 10.2. The number of carbonyl (C=O) groups is 1. The van der Waals surface area contributed by atoms with Crippen LogP contribution in [-0.2, 0) is 4.79 Å². The monoisotopic (exact) mass is 536 g/mol. The highest BCUT2D eigenvalue weighted by atomic mass is 79.9. The molecule has 2 heterocycles. The first kappa shape index (κ1) is 22.2. The van der Waals surface area contributed by atoms with E-state index in [1.54, 1.807) is 6.20 Å². The second kappa shape index (κ2) is 9.34. The quantitative estimate of drug-likeness (QED) is 0.235. The van der Waals surface area contributed by atoms with Crippen LogP contribution < -0.4 is 5.32 Å². The fourth-order valence-electron chi connectivity index (χ4n) is 3.50. The Labute approximate surface area is 205 Å². The molecular formula is C24H17BrN4O4S. The summed E-state index contributed by atoms with van der Waals surface area (Å²) in [6.45, 7) is -0.553. The van der Waals surface area contributed by atoms with E-state index in [1.807, 2.05) is 54.6 Å². The molecule has 0 amide bonds. The van der Waals surface area contributed by atoms with Crippen LogP contribution in [0.1, 0.15) is 5.56 Å². The summed E-state index contributed by atoms with van der Waals surface area (Å²) in [5, 5.41) is 27.3. The van der Waals surface area contributed by atoms with Crippen molar-refractivity contribution in [3.05, 3.63) is 70.8 Å². The van der Waals surface area contributed by atoms with E-state index in [2.05, 4.69) is 35.8 Å². The van der Waals surface area contributed by atoms with Crippen molar-refractivity contribution in [1.29, 1.82) is 0 Å². The Bertz CT molecular complexity index is 1540. The lowest BCUT2D eigenvalue weighted by molar-refractivity contribution is -0.139. The topological polar surface area (TPSA) is 121 Å². The number of aliphatic imine (C=N–C) groups is 1. The Morgan fingerprint density at radius 2 is 2.12 bits per heavy atom. The number of aromatic nitrogens is 2. The van der Waals surface area contributed by atoms with Crippen molar-refractivity contribution in [2.45, 2.75) is 6.04 Å². The zero-order valence-corrected chi connectivity index (χ0v) is 19.9. The number of halogens is 1. The molecule has 1 unspecified atom stereocenters. The van der Waals surface area contributed by atoms with E-state index in [1.165, 1.54) is 17.7 Å². The number of aliphatic carboxylic acids is 1. The van der Waals surface area contributed by atoms with Crippen molar-refractivity contribution in [1.82, 2.24) is 9.53 Å². The number of carboxylic acid groups (broad SMARTS) is 1. The number of hydrogen-bond donors (Lipinski definition) is 3. The zero-order valence-electron chi connectivity index (χ0n) is 17.5. The van der Waals surface area contributed by atoms with Crippen molar-refractivity contribution in [2.24, 2.45) is 4.99 Å². The van der Waals surface area contributed by atoms with Gasteiger partial charge in [0.2, 0.25) is 0 Å². The number of carboxylic acids is 1. The van der Waals surface area contributed by atoms with E-state index in [9.17, 15) is 4.79 Å². The zero-order chi connectivity index (χ0) is 23.7. The lowest BCUT2D eigenvalue weighted by Crippen LogP contribution is -2.22. The number of nitrogens with one attached hydrogen (secondary N) is 1. The predicted octanol–water partition coefficient (Wildman–Crippen LogP) is 5.48. The summed E-state index contributed by atoms with van der Waals surface area (Å²) in [6, 6.07) is 16.4. The third-order valence-electron chi connectivity index (χ3n) is 5.28. The molecule has 5 aromatic rings. The van der Waals surface area contributed by atoms with Crippen molar-refractivity contribution in [3.8, 4) is 11.1 Å². The molecule has 34 heavy (non-hydrogen) atoms. The molecule has 0 aliphatic heterocycles. The van der Waals surface area contributed by atoms with Gasteiger partial charge < -0.3 is 20.1 Å². The highest BCUT2D eigenvalue weighted by molar-refractivity contribution is 9.10. The summed E-state index contributed by atoms with van der Waals surface area (Å²) in [7, 11) is 0. The van der Waals surface area contributed by atoms with E-state index >= 15 is 0 Å². The Morgan fingerprint density at radius 3 is 2.94 bits per heavy atom. The number of nitrogens with zero attached hydrogens (tertiary/aromatic N) is 3. The maximum absolute atomic E-state index is 11.0. The molecular weight excluding hydrogens is 520 g/mol. The molecule has 0 aliphatic rings. The van der Waals surface area contributed by atoms with Crippen LogP contribution in [0, 0.1) is 0 Å². The SMILES string of the molecule is O=C(O)C(CO)N=Cc1ccc2c(Nc3cccc(-c4ccc5cnoc5c4)c3Br)nsc2c1. The molecule has 0 bridgehead atoms. The van der Waals surface area contributed by atoms with E-state index < -0.39 is 18.6 Å². The number of rotatable bonds is 7. The van der Waals surface area contributed by atoms with Gasteiger partial charge in [0.25, 0.3) is 0 Å². The number of aliphatic hydroxyl groups excluding tert-OH is 1. The van der Waals surface area contributed by atoms with Gasteiger partial charge in [0.05, 0.1) is 23.2 Å². The molecule has 0 spiro atoms. The third-order valence-corrected chi connectivity index (χ3v) is 6.94. The molecule has 170 valence electrons. The minimum absolute atomic E-state index is 0.553. The van der Waals surface area contributed by atoms with Gasteiger partial charge in [0.15, 0.2) is 17.4 Å². The molecule has 3 N–H and O–H groups in total. The fraction of sp³-hybridized carbons (Fsp3) is 0.0833. The number of fused-ring (bicyclic) bond motifs is 2. The van der Waals surface area contributed by atoms with Crippen LogP contribution in [0.25, 0.3) is 32.2 Å². The van der Waals surface area contributed by atoms with Gasteiger partial charge >= 0.3 is 5.97 Å². The molecule has 1 atom stereocenters. The highest BCUT2D eigenvalue weighted by Crippen LogP contribution is 2.38. The average Bonchev–Trinajstić information content (AvgIpc) is 3.47. The molecule has 0 saturated carbocycles. The van der Waals surface area contributed by atoms with Crippen LogP contribution in [0.4, 0.5) is 11.5 Å². The Balaban J connectivity index is 1.42. The van der Waals surface area contributed by atoms with Crippen molar-refractivity contribution < 1.29 is 19.5 Å². The molecule has 2 aromatic heterocycles. The summed E-state index contributed by atoms with van der Waals surface area (Å²) < 4.78 is 11.7. The predicted molar refractivity (Wildman–Crippen MR) is 136 cm³/mol. The number of benzene rings is 3. The highest BCUT2D eigenvalue weighted by Gasteiger charge is 2.14. The van der Waals surface area contributed by atoms with Gasteiger partial charge in [-0.15, -0.1) is 0 Å². The fourth-order valence-corrected chi connectivity index (χ4v) is 4.87. The maximum atomic E-state index is 11.0. The summed E-state index contributed by atoms with van der Waals surface area (Å²) in [5.41, 5.74) is 4.31. The van der Waals surface area contributed by atoms with Gasteiger partial charge in [0, 0.05) is 21.5 Å². The largest absolute Gasteiger partial charge is 0.480 e. The molecule has 5 rings (SSSR count). The van der Waals surface area contributed by atoms with Gasteiger partial charge in [-0.3, -0.25) is 4.99 Å². The molecule has 0 fully saturated rings. The normalized spacial score (nSPS) is 12.5. The van der Waals surface area contributed by atoms with Gasteiger partial charge in [0.1, 0.15) is 0 Å². The number of hydrogen-bond acceptors (Lipinski definition) is 8. The van der Waals surface area contributed by atoms with E-state index in [4.69, 9.17) is 14.7 Å². The second-order valence-corrected chi connectivity index (χ2v) is 9.07. The van der Waals surface area contributed by atoms with Crippen LogP contribution in [0.2, 0.25) is 0 Å². The van der Waals surface area contributed by atoms with Gasteiger partial charge in [-0.05, 0) is 74.5 Å². The minimum atomic E-state index is -1.18. The lowest BCUT2D eigenvalue weighted by atomic mass is 10.0.